The zero-order valence-corrected chi connectivity index (χ0v) is 17.8. The summed E-state index contributed by atoms with van der Waals surface area (Å²) >= 11 is 0. The summed E-state index contributed by atoms with van der Waals surface area (Å²) in [5.74, 6) is 1.28. The average molecular weight is 408 g/mol. The lowest BCUT2D eigenvalue weighted by Gasteiger charge is -2.42. The summed E-state index contributed by atoms with van der Waals surface area (Å²) in [6.07, 6.45) is 2.44. The van der Waals surface area contributed by atoms with Gasteiger partial charge in [0, 0.05) is 30.9 Å². The minimum absolute atomic E-state index is 0.0874. The molecule has 2 aromatic rings. The molecular formula is C25H28O5. The Bertz CT molecular complexity index is 958. The number of fused-ring (bicyclic) bond motifs is 1. The number of aliphatic hydroxyl groups is 1. The van der Waals surface area contributed by atoms with Crippen LogP contribution in [0, 0.1) is 0 Å². The zero-order valence-electron chi connectivity index (χ0n) is 17.8. The van der Waals surface area contributed by atoms with Gasteiger partial charge in [0.25, 0.3) is 0 Å². The topological polar surface area (TPSA) is 57.2 Å². The molecule has 1 aliphatic carbocycles. The highest BCUT2D eigenvalue weighted by atomic mass is 16.6. The second-order valence-electron chi connectivity index (χ2n) is 7.75. The van der Waals surface area contributed by atoms with E-state index in [2.05, 4.69) is 30.3 Å². The molecule has 1 N–H and O–H groups in total. The van der Waals surface area contributed by atoms with Gasteiger partial charge in [0.05, 0.1) is 20.8 Å². The minimum atomic E-state index is -1.32. The number of rotatable bonds is 5. The van der Waals surface area contributed by atoms with Crippen LogP contribution < -0.4 is 9.47 Å². The van der Waals surface area contributed by atoms with E-state index < -0.39 is 5.79 Å². The van der Waals surface area contributed by atoms with E-state index >= 15 is 0 Å². The molecule has 0 bridgehead atoms. The Kier molecular flexibility index (Phi) is 5.58. The maximum Gasteiger partial charge on any atom is 0.195 e. The van der Waals surface area contributed by atoms with Gasteiger partial charge in [-0.3, -0.25) is 0 Å². The summed E-state index contributed by atoms with van der Waals surface area (Å²) in [5.41, 5.74) is 4.17. The molecule has 30 heavy (non-hydrogen) atoms. The second-order valence-corrected chi connectivity index (χ2v) is 7.75. The normalized spacial score (nSPS) is 25.8. The van der Waals surface area contributed by atoms with Crippen molar-refractivity contribution < 1.29 is 24.1 Å². The van der Waals surface area contributed by atoms with E-state index in [1.807, 2.05) is 31.2 Å². The first-order chi connectivity index (χ1) is 14.5. The van der Waals surface area contributed by atoms with E-state index in [9.17, 15) is 5.11 Å². The predicted octanol–water partition coefficient (Wildman–Crippen LogP) is 4.54. The van der Waals surface area contributed by atoms with Crippen LogP contribution in [0.1, 0.15) is 36.3 Å². The number of hydrogen-bond acceptors (Lipinski definition) is 5. The molecule has 5 heteroatoms. The van der Waals surface area contributed by atoms with Crippen LogP contribution in [0.5, 0.6) is 11.5 Å². The van der Waals surface area contributed by atoms with Gasteiger partial charge < -0.3 is 24.1 Å². The van der Waals surface area contributed by atoms with Crippen LogP contribution in [0.2, 0.25) is 0 Å². The molecule has 1 aliphatic heterocycles. The van der Waals surface area contributed by atoms with Crippen LogP contribution in [0.4, 0.5) is 0 Å². The van der Waals surface area contributed by atoms with Crippen LogP contribution in [0.15, 0.2) is 71.5 Å². The highest BCUT2D eigenvalue weighted by Gasteiger charge is 2.43. The van der Waals surface area contributed by atoms with Gasteiger partial charge in [0.2, 0.25) is 0 Å². The van der Waals surface area contributed by atoms with Crippen LogP contribution >= 0.6 is 0 Å². The van der Waals surface area contributed by atoms with Crippen molar-refractivity contribution in [2.45, 2.75) is 31.0 Å². The SMILES string of the molecule is COc1ccc(C2COC3=C(C)C(O)(OC)CC=C3C2c2ccc(OC)cc2)cc1. The Morgan fingerprint density at radius 1 is 0.900 bits per heavy atom. The predicted molar refractivity (Wildman–Crippen MR) is 115 cm³/mol. The lowest BCUT2D eigenvalue weighted by Crippen LogP contribution is -2.38. The van der Waals surface area contributed by atoms with Gasteiger partial charge in [-0.2, -0.15) is 0 Å². The monoisotopic (exact) mass is 408 g/mol. The van der Waals surface area contributed by atoms with E-state index in [0.29, 0.717) is 18.6 Å². The lowest BCUT2D eigenvalue weighted by molar-refractivity contribution is -0.156. The third-order valence-corrected chi connectivity index (χ3v) is 6.29. The average Bonchev–Trinajstić information content (AvgIpc) is 2.81. The minimum Gasteiger partial charge on any atom is -0.497 e. The molecule has 1 heterocycles. The lowest BCUT2D eigenvalue weighted by atomic mass is 9.72. The maximum atomic E-state index is 10.8. The maximum absolute atomic E-state index is 10.8. The number of allylic oxidation sites excluding steroid dienone is 1. The third kappa shape index (κ3) is 3.48. The Morgan fingerprint density at radius 2 is 1.47 bits per heavy atom. The molecule has 0 amide bonds. The first-order valence-electron chi connectivity index (χ1n) is 10.1. The zero-order chi connectivity index (χ0) is 21.3. The van der Waals surface area contributed by atoms with Crippen molar-refractivity contribution in [2.75, 3.05) is 27.9 Å². The number of ether oxygens (including phenoxy) is 4. The van der Waals surface area contributed by atoms with Gasteiger partial charge >= 0.3 is 0 Å². The van der Waals surface area contributed by atoms with Crippen LogP contribution in [0.25, 0.3) is 0 Å². The molecule has 2 aliphatic rings. The second kappa shape index (κ2) is 8.17. The molecule has 5 nitrogen and oxygen atoms in total. The molecule has 0 radical (unpaired) electrons. The summed E-state index contributed by atoms with van der Waals surface area (Å²) in [6.45, 7) is 2.39. The van der Waals surface area contributed by atoms with Gasteiger partial charge in [0.1, 0.15) is 17.3 Å². The van der Waals surface area contributed by atoms with Crippen LogP contribution in [-0.4, -0.2) is 38.8 Å². The van der Waals surface area contributed by atoms with Gasteiger partial charge in [-0.15, -0.1) is 0 Å². The molecule has 1 fully saturated rings. The first-order valence-corrected chi connectivity index (χ1v) is 10.1. The van der Waals surface area contributed by atoms with Gasteiger partial charge in [-0.05, 0) is 47.9 Å². The molecule has 2 aromatic carbocycles. The quantitative estimate of drug-likeness (QED) is 0.736. The summed E-state index contributed by atoms with van der Waals surface area (Å²) in [5, 5.41) is 10.8. The molecule has 0 aromatic heterocycles. The Morgan fingerprint density at radius 3 is 2.00 bits per heavy atom. The molecule has 158 valence electrons. The smallest absolute Gasteiger partial charge is 0.195 e. The van der Waals surface area contributed by atoms with Gasteiger partial charge in [-0.25, -0.2) is 0 Å². The van der Waals surface area contributed by atoms with E-state index in [-0.39, 0.29) is 11.8 Å². The number of methoxy groups -OCH3 is 3. The van der Waals surface area contributed by atoms with E-state index in [0.717, 1.165) is 22.8 Å². The first kappa shape index (κ1) is 20.5. The van der Waals surface area contributed by atoms with Gasteiger partial charge in [0.15, 0.2) is 5.79 Å². The van der Waals surface area contributed by atoms with E-state index in [4.69, 9.17) is 18.9 Å². The number of hydrogen-bond donors (Lipinski definition) is 1. The molecule has 0 saturated carbocycles. The molecular weight excluding hydrogens is 380 g/mol. The largest absolute Gasteiger partial charge is 0.497 e. The summed E-state index contributed by atoms with van der Waals surface area (Å²) < 4.78 is 22.3. The third-order valence-electron chi connectivity index (χ3n) is 6.29. The standard InChI is InChI=1S/C25H28O5/c1-16-24-21(13-14-25(16,26)29-4)23(18-7-11-20(28-3)12-8-18)22(15-30-24)17-5-9-19(27-2)10-6-17/h5-13,22-23,26H,14-15H2,1-4H3. The van der Waals surface area contributed by atoms with Crippen molar-refractivity contribution >= 4 is 0 Å². The molecule has 1 saturated heterocycles. The highest BCUT2D eigenvalue weighted by Crippen LogP contribution is 2.50. The molecule has 0 spiro atoms. The fraction of sp³-hybridized carbons (Fsp3) is 0.360. The Hall–Kier alpha value is -2.76. The summed E-state index contributed by atoms with van der Waals surface area (Å²) in [4.78, 5) is 0. The van der Waals surface area contributed by atoms with Crippen molar-refractivity contribution in [3.05, 3.63) is 82.6 Å². The summed E-state index contributed by atoms with van der Waals surface area (Å²) in [6, 6.07) is 16.3. The molecule has 4 rings (SSSR count). The van der Waals surface area contributed by atoms with Crippen molar-refractivity contribution in [1.82, 2.24) is 0 Å². The fourth-order valence-electron chi connectivity index (χ4n) is 4.43. The highest BCUT2D eigenvalue weighted by molar-refractivity contribution is 5.50. The van der Waals surface area contributed by atoms with Crippen molar-refractivity contribution in [3.8, 4) is 11.5 Å². The van der Waals surface area contributed by atoms with E-state index in [1.54, 1.807) is 14.2 Å². The molecule has 3 unspecified atom stereocenters. The number of benzene rings is 2. The van der Waals surface area contributed by atoms with Crippen molar-refractivity contribution in [2.24, 2.45) is 0 Å². The van der Waals surface area contributed by atoms with Crippen LogP contribution in [-0.2, 0) is 9.47 Å². The summed E-state index contributed by atoms with van der Waals surface area (Å²) in [7, 11) is 4.86. The fourth-order valence-corrected chi connectivity index (χ4v) is 4.43. The Balaban J connectivity index is 1.79. The van der Waals surface area contributed by atoms with E-state index in [1.165, 1.54) is 18.2 Å². The Labute approximate surface area is 177 Å². The van der Waals surface area contributed by atoms with Crippen molar-refractivity contribution in [3.63, 3.8) is 0 Å². The van der Waals surface area contributed by atoms with Crippen LogP contribution in [0.3, 0.4) is 0 Å². The van der Waals surface area contributed by atoms with Crippen molar-refractivity contribution in [1.29, 1.82) is 0 Å². The molecule has 3 atom stereocenters. The van der Waals surface area contributed by atoms with Gasteiger partial charge in [-0.1, -0.05) is 30.3 Å².